The fraction of sp³-hybridized carbons (Fsp3) is 0.364. The van der Waals surface area contributed by atoms with E-state index in [0.717, 1.165) is 42.0 Å². The minimum Gasteiger partial charge on any atom is -0.237 e. The Morgan fingerprint density at radius 3 is 2.62 bits per heavy atom. The zero-order valence-corrected chi connectivity index (χ0v) is 17.7. The Kier molecular flexibility index (Phi) is 5.52. The van der Waals surface area contributed by atoms with Crippen LogP contribution < -0.4 is 4.72 Å². The molecule has 4 rings (SSSR count). The molecule has 0 fully saturated rings. The highest BCUT2D eigenvalue weighted by molar-refractivity contribution is 7.89. The second-order valence-electron chi connectivity index (χ2n) is 7.53. The summed E-state index contributed by atoms with van der Waals surface area (Å²) in [4.78, 5) is 4.70. The van der Waals surface area contributed by atoms with Gasteiger partial charge in [0.2, 0.25) is 10.0 Å². The molecule has 0 saturated heterocycles. The van der Waals surface area contributed by atoms with E-state index in [1.165, 1.54) is 17.5 Å². The van der Waals surface area contributed by atoms with Crippen LogP contribution in [0.5, 0.6) is 0 Å². The number of sulfonamides is 1. The van der Waals surface area contributed by atoms with Crippen LogP contribution in [0.2, 0.25) is 0 Å². The van der Waals surface area contributed by atoms with Gasteiger partial charge in [-0.25, -0.2) is 22.8 Å². The van der Waals surface area contributed by atoms with Gasteiger partial charge in [0.1, 0.15) is 0 Å². The second-order valence-corrected chi connectivity index (χ2v) is 9.30. The standard InChI is InChI=1S/C22H26N4O2S/c1-16-21(17(2)26(25-16)22-9-5-6-13-23-22)12-14-24-29(27,28)20-11-10-18-7-3-4-8-19(18)15-20/h5-6,9-11,13,15,24H,3-4,7-8,12,14H2,1-2H3. The summed E-state index contributed by atoms with van der Waals surface area (Å²) < 4.78 is 30.1. The van der Waals surface area contributed by atoms with Crippen LogP contribution in [0.15, 0.2) is 47.5 Å². The lowest BCUT2D eigenvalue weighted by Gasteiger charge is -2.16. The largest absolute Gasteiger partial charge is 0.240 e. The molecule has 0 saturated carbocycles. The number of aryl methyl sites for hydroxylation is 3. The third-order valence-electron chi connectivity index (χ3n) is 5.60. The molecule has 0 spiro atoms. The normalized spacial score (nSPS) is 14.0. The van der Waals surface area contributed by atoms with E-state index in [4.69, 9.17) is 0 Å². The van der Waals surface area contributed by atoms with E-state index in [2.05, 4.69) is 14.8 Å². The first-order valence-electron chi connectivity index (χ1n) is 10.0. The van der Waals surface area contributed by atoms with Gasteiger partial charge in [0.15, 0.2) is 5.82 Å². The Labute approximate surface area is 172 Å². The molecule has 2 heterocycles. The van der Waals surface area contributed by atoms with Crippen molar-refractivity contribution in [2.24, 2.45) is 0 Å². The summed E-state index contributed by atoms with van der Waals surface area (Å²) in [5.74, 6) is 0.758. The molecule has 1 aromatic carbocycles. The van der Waals surface area contributed by atoms with Crippen LogP contribution in [-0.4, -0.2) is 29.7 Å². The average molecular weight is 411 g/mol. The molecule has 29 heavy (non-hydrogen) atoms. The molecule has 0 aliphatic heterocycles. The second kappa shape index (κ2) is 8.08. The monoisotopic (exact) mass is 410 g/mol. The number of rotatable bonds is 6. The molecular formula is C22H26N4O2S. The van der Waals surface area contributed by atoms with Crippen LogP contribution in [0.25, 0.3) is 5.82 Å². The Morgan fingerprint density at radius 1 is 1.07 bits per heavy atom. The van der Waals surface area contributed by atoms with E-state index in [1.54, 1.807) is 12.3 Å². The van der Waals surface area contributed by atoms with Gasteiger partial charge >= 0.3 is 0 Å². The van der Waals surface area contributed by atoms with Crippen molar-refractivity contribution in [2.75, 3.05) is 6.54 Å². The summed E-state index contributed by atoms with van der Waals surface area (Å²) in [7, 11) is -3.52. The number of pyridine rings is 1. The SMILES string of the molecule is Cc1nn(-c2ccccn2)c(C)c1CCNS(=O)(=O)c1ccc2c(c1)CCCC2. The lowest BCUT2D eigenvalue weighted by atomic mass is 9.92. The van der Waals surface area contributed by atoms with E-state index in [-0.39, 0.29) is 0 Å². The fourth-order valence-electron chi connectivity index (χ4n) is 4.01. The quantitative estimate of drug-likeness (QED) is 0.677. The predicted octanol–water partition coefficient (Wildman–Crippen LogP) is 3.28. The van der Waals surface area contributed by atoms with E-state index in [0.29, 0.717) is 17.9 Å². The molecule has 152 valence electrons. The highest BCUT2D eigenvalue weighted by Gasteiger charge is 2.19. The maximum atomic E-state index is 12.8. The molecule has 7 heteroatoms. The summed E-state index contributed by atoms with van der Waals surface area (Å²) >= 11 is 0. The van der Waals surface area contributed by atoms with Crippen molar-refractivity contribution in [3.63, 3.8) is 0 Å². The van der Waals surface area contributed by atoms with Gasteiger partial charge in [0.25, 0.3) is 0 Å². The van der Waals surface area contributed by atoms with Crippen LogP contribution in [0.3, 0.4) is 0 Å². The number of fused-ring (bicyclic) bond motifs is 1. The molecule has 3 aromatic rings. The van der Waals surface area contributed by atoms with Crippen molar-refractivity contribution in [3.05, 3.63) is 70.7 Å². The van der Waals surface area contributed by atoms with Crippen molar-refractivity contribution >= 4 is 10.0 Å². The molecule has 0 bridgehead atoms. The predicted molar refractivity (Wildman–Crippen MR) is 113 cm³/mol. The van der Waals surface area contributed by atoms with Crippen LogP contribution in [0, 0.1) is 13.8 Å². The van der Waals surface area contributed by atoms with Gasteiger partial charge < -0.3 is 0 Å². The van der Waals surface area contributed by atoms with Crippen LogP contribution in [0.4, 0.5) is 0 Å². The van der Waals surface area contributed by atoms with E-state index < -0.39 is 10.0 Å². The first kappa shape index (κ1) is 19.8. The molecule has 1 N–H and O–H groups in total. The number of nitrogens with zero attached hydrogens (tertiary/aromatic N) is 3. The topological polar surface area (TPSA) is 76.9 Å². The molecule has 0 radical (unpaired) electrons. The molecule has 2 aromatic heterocycles. The van der Waals surface area contributed by atoms with Gasteiger partial charge in [-0.15, -0.1) is 0 Å². The van der Waals surface area contributed by atoms with Gasteiger partial charge in [-0.2, -0.15) is 5.10 Å². The van der Waals surface area contributed by atoms with Crippen molar-refractivity contribution in [1.82, 2.24) is 19.5 Å². The Hall–Kier alpha value is -2.51. The molecular weight excluding hydrogens is 384 g/mol. The fourth-order valence-corrected chi connectivity index (χ4v) is 5.09. The Balaban J connectivity index is 1.47. The average Bonchev–Trinajstić information content (AvgIpc) is 3.02. The summed E-state index contributed by atoms with van der Waals surface area (Å²) in [6, 6.07) is 11.2. The summed E-state index contributed by atoms with van der Waals surface area (Å²) in [6.07, 6.45) is 6.63. The lowest BCUT2D eigenvalue weighted by Crippen LogP contribution is -2.26. The van der Waals surface area contributed by atoms with Crippen LogP contribution in [0.1, 0.15) is 40.9 Å². The summed E-state index contributed by atoms with van der Waals surface area (Å²) in [5, 5.41) is 4.58. The molecule has 1 aliphatic rings. The molecule has 0 atom stereocenters. The third kappa shape index (κ3) is 4.11. The minimum absolute atomic E-state index is 0.328. The third-order valence-corrected chi connectivity index (χ3v) is 7.06. The van der Waals surface area contributed by atoms with Crippen LogP contribution >= 0.6 is 0 Å². The zero-order chi connectivity index (χ0) is 20.4. The number of benzene rings is 1. The van der Waals surface area contributed by atoms with Gasteiger partial charge in [0, 0.05) is 18.4 Å². The first-order chi connectivity index (χ1) is 14.0. The van der Waals surface area contributed by atoms with Crippen molar-refractivity contribution in [3.8, 4) is 5.82 Å². The highest BCUT2D eigenvalue weighted by Crippen LogP contribution is 2.24. The lowest BCUT2D eigenvalue weighted by molar-refractivity contribution is 0.581. The molecule has 6 nitrogen and oxygen atoms in total. The van der Waals surface area contributed by atoms with Crippen molar-refractivity contribution in [2.45, 2.75) is 50.8 Å². The number of hydrogen-bond acceptors (Lipinski definition) is 4. The highest BCUT2D eigenvalue weighted by atomic mass is 32.2. The summed E-state index contributed by atoms with van der Waals surface area (Å²) in [6.45, 7) is 4.26. The maximum Gasteiger partial charge on any atom is 0.240 e. The molecule has 0 amide bonds. The number of hydrogen-bond donors (Lipinski definition) is 1. The van der Waals surface area contributed by atoms with E-state index in [9.17, 15) is 8.42 Å². The Morgan fingerprint density at radius 2 is 1.86 bits per heavy atom. The zero-order valence-electron chi connectivity index (χ0n) is 16.9. The maximum absolute atomic E-state index is 12.8. The van der Waals surface area contributed by atoms with Gasteiger partial charge in [-0.3, -0.25) is 0 Å². The Bertz CT molecular complexity index is 1120. The van der Waals surface area contributed by atoms with E-state index in [1.807, 2.05) is 48.9 Å². The van der Waals surface area contributed by atoms with Gasteiger partial charge in [0.05, 0.1) is 10.6 Å². The molecule has 1 aliphatic carbocycles. The first-order valence-corrected chi connectivity index (χ1v) is 11.5. The van der Waals surface area contributed by atoms with E-state index >= 15 is 0 Å². The number of aromatic nitrogens is 3. The smallest absolute Gasteiger partial charge is 0.237 e. The summed E-state index contributed by atoms with van der Waals surface area (Å²) in [5.41, 5.74) is 5.37. The van der Waals surface area contributed by atoms with Gasteiger partial charge in [-0.1, -0.05) is 12.1 Å². The minimum atomic E-state index is -3.52. The number of nitrogens with one attached hydrogen (secondary N) is 1. The van der Waals surface area contributed by atoms with Crippen molar-refractivity contribution in [1.29, 1.82) is 0 Å². The van der Waals surface area contributed by atoms with Gasteiger partial charge in [-0.05, 0) is 86.9 Å². The van der Waals surface area contributed by atoms with Crippen LogP contribution in [-0.2, 0) is 29.3 Å². The van der Waals surface area contributed by atoms with Crippen molar-refractivity contribution < 1.29 is 8.42 Å². The molecule has 0 unspecified atom stereocenters.